The lowest BCUT2D eigenvalue weighted by atomic mass is 9.45. The molecule has 6 rings (SSSR count). The molecule has 0 heterocycles. The maximum absolute atomic E-state index is 13.8. The van der Waals surface area contributed by atoms with Crippen LogP contribution in [-0.2, 0) is 9.59 Å². The molecule has 2 aromatic rings. The normalized spacial score (nSPS) is 35.9. The number of carbonyl (C=O) groups excluding carboxylic acids is 2. The minimum Gasteiger partial charge on any atom is -0.497 e. The highest BCUT2D eigenvalue weighted by Gasteiger charge is 2.61. The standard InChI is InChI=1S/C35H40O4/c1-34-16-15-30-29(31(34)19-24(33(34)37)17-22-5-10-27(38-3)11-6-22)14-9-26-20-32(36)25(21-35(26,30)2)18-23-7-12-28(39-4)13-8-23/h5-8,10-13,17-18,26,29-31H,9,14-16,19-21H2,1-4H3. The average Bonchev–Trinajstić information content (AvgIpc) is 3.20. The number of rotatable bonds is 4. The minimum absolute atomic E-state index is 0.0992. The van der Waals surface area contributed by atoms with Gasteiger partial charge in [0.05, 0.1) is 14.2 Å². The molecule has 0 saturated heterocycles. The second kappa shape index (κ2) is 9.80. The van der Waals surface area contributed by atoms with E-state index in [1.807, 2.05) is 48.5 Å². The first-order valence-electron chi connectivity index (χ1n) is 14.5. The molecule has 2 aromatic carbocycles. The van der Waals surface area contributed by atoms with E-state index in [4.69, 9.17) is 9.47 Å². The van der Waals surface area contributed by atoms with E-state index in [9.17, 15) is 9.59 Å². The summed E-state index contributed by atoms with van der Waals surface area (Å²) in [5.41, 5.74) is 3.90. The van der Waals surface area contributed by atoms with Crippen LogP contribution in [0.5, 0.6) is 11.5 Å². The molecular formula is C35H40O4. The van der Waals surface area contributed by atoms with Gasteiger partial charge in [-0.05, 0) is 126 Å². The molecule has 4 nitrogen and oxygen atoms in total. The Hall–Kier alpha value is -3.14. The number of Topliss-reactive ketones (excluding diaryl/α,β-unsaturated/α-hetero) is 2. The average molecular weight is 525 g/mol. The number of hydrogen-bond donors (Lipinski definition) is 0. The molecule has 0 amide bonds. The highest BCUT2D eigenvalue weighted by atomic mass is 16.5. The van der Waals surface area contributed by atoms with Gasteiger partial charge in [0.2, 0.25) is 0 Å². The van der Waals surface area contributed by atoms with Gasteiger partial charge in [-0.15, -0.1) is 0 Å². The summed E-state index contributed by atoms with van der Waals surface area (Å²) < 4.78 is 10.6. The van der Waals surface area contributed by atoms with Crippen LogP contribution in [0.2, 0.25) is 0 Å². The van der Waals surface area contributed by atoms with Crippen molar-refractivity contribution < 1.29 is 19.1 Å². The van der Waals surface area contributed by atoms with Crippen LogP contribution in [0.25, 0.3) is 12.2 Å². The van der Waals surface area contributed by atoms with Crippen molar-refractivity contribution in [3.63, 3.8) is 0 Å². The Morgan fingerprint density at radius 1 is 0.744 bits per heavy atom. The number of benzene rings is 2. The smallest absolute Gasteiger partial charge is 0.165 e. The minimum atomic E-state index is -0.269. The Morgan fingerprint density at radius 2 is 1.33 bits per heavy atom. The molecule has 0 radical (unpaired) electrons. The van der Waals surface area contributed by atoms with E-state index in [-0.39, 0.29) is 10.8 Å². The Morgan fingerprint density at radius 3 is 1.92 bits per heavy atom. The summed E-state index contributed by atoms with van der Waals surface area (Å²) in [7, 11) is 3.34. The topological polar surface area (TPSA) is 52.6 Å². The van der Waals surface area contributed by atoms with Crippen LogP contribution in [-0.4, -0.2) is 25.8 Å². The zero-order chi connectivity index (χ0) is 27.4. The molecule has 4 aliphatic carbocycles. The van der Waals surface area contributed by atoms with Crippen LogP contribution in [0.15, 0.2) is 59.7 Å². The van der Waals surface area contributed by atoms with Gasteiger partial charge in [-0.2, -0.15) is 0 Å². The molecule has 6 unspecified atom stereocenters. The van der Waals surface area contributed by atoms with Gasteiger partial charge in [0, 0.05) is 11.8 Å². The summed E-state index contributed by atoms with van der Waals surface area (Å²) in [5, 5.41) is 0. The highest BCUT2D eigenvalue weighted by Crippen LogP contribution is 2.66. The van der Waals surface area contributed by atoms with Crippen molar-refractivity contribution in [2.24, 2.45) is 34.5 Å². The molecule has 4 aliphatic rings. The maximum Gasteiger partial charge on any atom is 0.165 e. The van der Waals surface area contributed by atoms with Gasteiger partial charge in [-0.1, -0.05) is 38.1 Å². The van der Waals surface area contributed by atoms with E-state index >= 15 is 0 Å². The first-order valence-corrected chi connectivity index (χ1v) is 14.5. The number of fused-ring (bicyclic) bond motifs is 5. The predicted molar refractivity (Wildman–Crippen MR) is 154 cm³/mol. The summed E-state index contributed by atoms with van der Waals surface area (Å²) >= 11 is 0. The van der Waals surface area contributed by atoms with Crippen LogP contribution in [0.3, 0.4) is 0 Å². The molecule has 0 spiro atoms. The molecular weight excluding hydrogens is 484 g/mol. The zero-order valence-electron chi connectivity index (χ0n) is 23.7. The largest absolute Gasteiger partial charge is 0.497 e. The van der Waals surface area contributed by atoms with Crippen molar-refractivity contribution in [1.82, 2.24) is 0 Å². The number of ketones is 2. The summed E-state index contributed by atoms with van der Waals surface area (Å²) in [5.74, 6) is 4.23. The van der Waals surface area contributed by atoms with Gasteiger partial charge in [0.25, 0.3) is 0 Å². The van der Waals surface area contributed by atoms with E-state index in [0.717, 1.165) is 72.3 Å². The highest BCUT2D eigenvalue weighted by molar-refractivity contribution is 6.06. The number of methoxy groups -OCH3 is 2. The Bertz CT molecular complexity index is 1330. The first-order chi connectivity index (χ1) is 18.7. The van der Waals surface area contributed by atoms with Crippen LogP contribution in [0, 0.1) is 34.5 Å². The Kier molecular flexibility index (Phi) is 6.56. The van der Waals surface area contributed by atoms with E-state index in [0.29, 0.717) is 41.7 Å². The Balaban J connectivity index is 1.27. The molecule has 0 aliphatic heterocycles. The van der Waals surface area contributed by atoms with Crippen LogP contribution < -0.4 is 9.47 Å². The molecule has 4 saturated carbocycles. The third kappa shape index (κ3) is 4.37. The fourth-order valence-corrected chi connectivity index (χ4v) is 8.74. The number of ether oxygens (including phenoxy) is 2. The summed E-state index contributed by atoms with van der Waals surface area (Å²) in [6.45, 7) is 4.69. The van der Waals surface area contributed by atoms with Crippen molar-refractivity contribution in [3.8, 4) is 11.5 Å². The second-order valence-corrected chi connectivity index (χ2v) is 12.8. The van der Waals surface area contributed by atoms with Crippen LogP contribution in [0.1, 0.15) is 69.9 Å². The molecule has 204 valence electrons. The lowest BCUT2D eigenvalue weighted by molar-refractivity contribution is -0.139. The molecule has 0 N–H and O–H groups in total. The van der Waals surface area contributed by atoms with Gasteiger partial charge in [-0.3, -0.25) is 9.59 Å². The fraction of sp³-hybridized carbons (Fsp3) is 0.486. The second-order valence-electron chi connectivity index (χ2n) is 12.8. The SMILES string of the molecule is COc1ccc(C=C2CC3(C)C(CCC4C5CC(=Cc6ccc(OC)cc6)C(=O)C5(C)CCC43)CC2=O)cc1. The molecule has 4 heteroatoms. The van der Waals surface area contributed by atoms with Gasteiger partial charge in [-0.25, -0.2) is 0 Å². The third-order valence-corrected chi connectivity index (χ3v) is 11.0. The third-order valence-electron chi connectivity index (χ3n) is 11.0. The molecule has 39 heavy (non-hydrogen) atoms. The molecule has 0 bridgehead atoms. The summed E-state index contributed by atoms with van der Waals surface area (Å²) in [4.78, 5) is 27.1. The quantitative estimate of drug-likeness (QED) is 0.387. The van der Waals surface area contributed by atoms with Crippen molar-refractivity contribution in [1.29, 1.82) is 0 Å². The van der Waals surface area contributed by atoms with Crippen LogP contribution in [0.4, 0.5) is 0 Å². The Labute approximate surface area is 232 Å². The van der Waals surface area contributed by atoms with Gasteiger partial charge in [0.1, 0.15) is 11.5 Å². The monoisotopic (exact) mass is 524 g/mol. The van der Waals surface area contributed by atoms with Crippen molar-refractivity contribution >= 4 is 23.7 Å². The molecule has 0 aromatic heterocycles. The van der Waals surface area contributed by atoms with Gasteiger partial charge in [0.15, 0.2) is 11.6 Å². The summed E-state index contributed by atoms with van der Waals surface area (Å²) in [6.07, 6.45) is 10.9. The van der Waals surface area contributed by atoms with E-state index in [2.05, 4.69) is 26.0 Å². The van der Waals surface area contributed by atoms with Gasteiger partial charge >= 0.3 is 0 Å². The number of carbonyl (C=O) groups is 2. The lowest BCUT2D eigenvalue weighted by Gasteiger charge is -2.59. The first kappa shape index (κ1) is 26.1. The number of allylic oxidation sites excluding steroid dienone is 2. The van der Waals surface area contributed by atoms with E-state index in [1.54, 1.807) is 14.2 Å². The van der Waals surface area contributed by atoms with Crippen molar-refractivity contribution in [2.75, 3.05) is 14.2 Å². The molecule has 4 fully saturated rings. The van der Waals surface area contributed by atoms with E-state index < -0.39 is 0 Å². The molecule has 6 atom stereocenters. The lowest BCUT2D eigenvalue weighted by Crippen LogP contribution is -2.54. The maximum atomic E-state index is 13.8. The predicted octanol–water partition coefficient (Wildman–Crippen LogP) is 7.57. The van der Waals surface area contributed by atoms with Gasteiger partial charge < -0.3 is 9.47 Å². The zero-order valence-corrected chi connectivity index (χ0v) is 23.7. The number of hydrogen-bond acceptors (Lipinski definition) is 4. The van der Waals surface area contributed by atoms with Crippen molar-refractivity contribution in [2.45, 2.75) is 58.8 Å². The fourth-order valence-electron chi connectivity index (χ4n) is 8.74. The van der Waals surface area contributed by atoms with E-state index in [1.165, 1.54) is 0 Å². The van der Waals surface area contributed by atoms with Crippen molar-refractivity contribution in [3.05, 3.63) is 70.8 Å². The summed E-state index contributed by atoms with van der Waals surface area (Å²) in [6, 6.07) is 16.0. The van der Waals surface area contributed by atoms with Crippen LogP contribution >= 0.6 is 0 Å².